The Morgan fingerprint density at radius 3 is 3.17 bits per heavy atom. The van der Waals surface area contributed by atoms with Gasteiger partial charge in [0.25, 0.3) is 0 Å². The van der Waals surface area contributed by atoms with Crippen LogP contribution in [-0.2, 0) is 21.5 Å². The molecular weight excluding hydrogens is 308 g/mol. The van der Waals surface area contributed by atoms with E-state index in [0.29, 0.717) is 11.3 Å². The summed E-state index contributed by atoms with van der Waals surface area (Å²) in [7, 11) is 0. The molecule has 3 fully saturated rings. The van der Waals surface area contributed by atoms with Crippen LogP contribution in [-0.4, -0.2) is 57.4 Å². The van der Waals surface area contributed by atoms with E-state index in [0.717, 1.165) is 65.3 Å². The van der Waals surface area contributed by atoms with Gasteiger partial charge in [-0.2, -0.15) is 0 Å². The number of nitrogens with one attached hydrogen (secondary N) is 1. The lowest BCUT2D eigenvalue weighted by Crippen LogP contribution is -2.50. The zero-order valence-corrected chi connectivity index (χ0v) is 14.5. The minimum atomic E-state index is 0.0151. The topological polar surface area (TPSA) is 33.7 Å². The van der Waals surface area contributed by atoms with Crippen LogP contribution in [0.25, 0.3) is 0 Å². The molecule has 2 atom stereocenters. The van der Waals surface area contributed by atoms with Crippen molar-refractivity contribution in [3.05, 3.63) is 21.9 Å². The molecule has 3 saturated heterocycles. The smallest absolute Gasteiger partial charge is 0.0966 e. The van der Waals surface area contributed by atoms with Gasteiger partial charge in [0.1, 0.15) is 0 Å². The fourth-order valence-electron chi connectivity index (χ4n) is 5.18. The van der Waals surface area contributed by atoms with E-state index in [9.17, 15) is 0 Å². The molecule has 1 N–H and O–H groups in total. The van der Waals surface area contributed by atoms with Crippen LogP contribution < -0.4 is 5.32 Å². The normalized spacial score (nSPS) is 36.3. The Balaban J connectivity index is 1.29. The van der Waals surface area contributed by atoms with E-state index in [4.69, 9.17) is 9.47 Å². The highest BCUT2D eigenvalue weighted by Gasteiger charge is 2.49. The molecule has 5 heteroatoms. The first-order chi connectivity index (χ1) is 11.3. The predicted octanol–water partition coefficient (Wildman–Crippen LogP) is 1.85. The molecule has 1 aromatic heterocycles. The number of thiophene rings is 1. The Morgan fingerprint density at radius 2 is 2.26 bits per heavy atom. The second-order valence-corrected chi connectivity index (χ2v) is 8.83. The zero-order valence-electron chi connectivity index (χ0n) is 13.7. The Labute approximate surface area is 142 Å². The van der Waals surface area contributed by atoms with Crippen LogP contribution in [0.1, 0.15) is 23.3 Å². The van der Waals surface area contributed by atoms with Crippen molar-refractivity contribution in [2.75, 3.05) is 52.5 Å². The second kappa shape index (κ2) is 5.53. The third kappa shape index (κ3) is 2.32. The highest BCUT2D eigenvalue weighted by Crippen LogP contribution is 2.45. The number of nitrogens with zero attached hydrogens (tertiary/aromatic N) is 1. The summed E-state index contributed by atoms with van der Waals surface area (Å²) in [5.74, 6) is 0.716. The molecule has 0 aromatic carbocycles. The summed E-state index contributed by atoms with van der Waals surface area (Å²) in [6.45, 7) is 8.56. The Bertz CT molecular complexity index is 569. The number of hydrogen-bond acceptors (Lipinski definition) is 5. The lowest BCUT2D eigenvalue weighted by Gasteiger charge is -2.45. The molecule has 0 aliphatic carbocycles. The molecule has 0 unspecified atom stereocenters. The van der Waals surface area contributed by atoms with E-state index in [-0.39, 0.29) is 5.60 Å². The maximum Gasteiger partial charge on any atom is 0.0966 e. The number of piperidine rings is 1. The van der Waals surface area contributed by atoms with E-state index in [1.54, 1.807) is 4.88 Å². The lowest BCUT2D eigenvalue weighted by atomic mass is 9.78. The van der Waals surface area contributed by atoms with Gasteiger partial charge >= 0.3 is 0 Å². The summed E-state index contributed by atoms with van der Waals surface area (Å²) in [4.78, 5) is 4.23. The number of hydrogen-bond donors (Lipinski definition) is 1. The first kappa shape index (κ1) is 14.8. The quantitative estimate of drug-likeness (QED) is 0.895. The van der Waals surface area contributed by atoms with E-state index in [1.165, 1.54) is 12.1 Å². The highest BCUT2D eigenvalue weighted by molar-refractivity contribution is 7.10. The number of rotatable bonds is 2. The Kier molecular flexibility index (Phi) is 3.57. The van der Waals surface area contributed by atoms with Crippen molar-refractivity contribution in [3.8, 4) is 0 Å². The van der Waals surface area contributed by atoms with Crippen molar-refractivity contribution in [2.24, 2.45) is 11.3 Å². The van der Waals surface area contributed by atoms with Gasteiger partial charge in [0.15, 0.2) is 0 Å². The molecule has 23 heavy (non-hydrogen) atoms. The molecule has 1 aromatic rings. The fourth-order valence-corrected chi connectivity index (χ4v) is 6.13. The van der Waals surface area contributed by atoms with Crippen molar-refractivity contribution in [1.82, 2.24) is 10.2 Å². The summed E-state index contributed by atoms with van der Waals surface area (Å²) >= 11 is 1.91. The Hall–Kier alpha value is -0.460. The van der Waals surface area contributed by atoms with Crippen molar-refractivity contribution in [1.29, 1.82) is 0 Å². The molecule has 0 radical (unpaired) electrons. The minimum absolute atomic E-state index is 0.0151. The van der Waals surface area contributed by atoms with Crippen molar-refractivity contribution < 1.29 is 9.47 Å². The van der Waals surface area contributed by atoms with Crippen LogP contribution in [0.2, 0.25) is 0 Å². The van der Waals surface area contributed by atoms with Gasteiger partial charge in [0.05, 0.1) is 25.4 Å². The van der Waals surface area contributed by atoms with Crippen molar-refractivity contribution >= 4 is 11.3 Å². The summed E-state index contributed by atoms with van der Waals surface area (Å²) in [5.41, 5.74) is 1.88. The summed E-state index contributed by atoms with van der Waals surface area (Å²) < 4.78 is 12.1. The van der Waals surface area contributed by atoms with Gasteiger partial charge in [0, 0.05) is 55.4 Å². The van der Waals surface area contributed by atoms with Gasteiger partial charge < -0.3 is 19.7 Å². The van der Waals surface area contributed by atoms with Gasteiger partial charge in [-0.3, -0.25) is 0 Å². The van der Waals surface area contributed by atoms with Gasteiger partial charge in [-0.15, -0.1) is 11.3 Å². The van der Waals surface area contributed by atoms with Gasteiger partial charge in [-0.25, -0.2) is 0 Å². The molecular formula is C18H26N2O2S. The summed E-state index contributed by atoms with van der Waals surface area (Å²) in [6, 6.07) is 2.31. The SMILES string of the molecule is c1cc2c(s1)CCOC21CCN(C[C@]23CNC[C@H]2COC3)CC1. The predicted molar refractivity (Wildman–Crippen MR) is 90.9 cm³/mol. The number of ether oxygens (including phenoxy) is 2. The minimum Gasteiger partial charge on any atom is -0.380 e. The first-order valence-corrected chi connectivity index (χ1v) is 9.89. The van der Waals surface area contributed by atoms with E-state index in [1.807, 2.05) is 11.3 Å². The Morgan fingerprint density at radius 1 is 1.35 bits per heavy atom. The van der Waals surface area contributed by atoms with Crippen LogP contribution in [0, 0.1) is 11.3 Å². The maximum absolute atomic E-state index is 6.34. The highest BCUT2D eigenvalue weighted by atomic mass is 32.1. The van der Waals surface area contributed by atoms with E-state index < -0.39 is 0 Å². The third-order valence-electron chi connectivity index (χ3n) is 6.59. The van der Waals surface area contributed by atoms with Gasteiger partial charge in [0.2, 0.25) is 0 Å². The monoisotopic (exact) mass is 334 g/mol. The van der Waals surface area contributed by atoms with Gasteiger partial charge in [-0.05, 0) is 29.9 Å². The molecule has 126 valence electrons. The molecule has 4 nitrogen and oxygen atoms in total. The molecule has 0 saturated carbocycles. The van der Waals surface area contributed by atoms with Crippen LogP contribution in [0.3, 0.4) is 0 Å². The van der Waals surface area contributed by atoms with Crippen LogP contribution in [0.4, 0.5) is 0 Å². The summed E-state index contributed by atoms with van der Waals surface area (Å²) in [6.07, 6.45) is 3.39. The molecule has 4 aliphatic heterocycles. The standard InChI is InChI=1S/C18H26N2O2S/c1-7-22-18(15-2-8-23-16(1)15)3-5-20(6-4-18)12-17-11-19-9-14(17)10-21-13-17/h2,8,14,19H,1,3-7,9-13H2/t14-,17-/m0/s1. The average Bonchev–Trinajstić information content (AvgIpc) is 3.25. The summed E-state index contributed by atoms with van der Waals surface area (Å²) in [5, 5.41) is 5.84. The lowest BCUT2D eigenvalue weighted by molar-refractivity contribution is -0.101. The number of likely N-dealkylation sites (tertiary alicyclic amines) is 1. The van der Waals surface area contributed by atoms with E-state index in [2.05, 4.69) is 21.7 Å². The second-order valence-electron chi connectivity index (χ2n) is 7.83. The maximum atomic E-state index is 6.34. The first-order valence-electron chi connectivity index (χ1n) is 9.01. The van der Waals surface area contributed by atoms with Crippen LogP contribution in [0.15, 0.2) is 11.4 Å². The molecule has 5 rings (SSSR count). The fraction of sp³-hybridized carbons (Fsp3) is 0.778. The number of fused-ring (bicyclic) bond motifs is 3. The third-order valence-corrected chi connectivity index (χ3v) is 7.57. The molecule has 5 heterocycles. The average molecular weight is 334 g/mol. The van der Waals surface area contributed by atoms with Crippen molar-refractivity contribution in [3.63, 3.8) is 0 Å². The molecule has 0 amide bonds. The van der Waals surface area contributed by atoms with Crippen LogP contribution >= 0.6 is 11.3 Å². The largest absolute Gasteiger partial charge is 0.380 e. The van der Waals surface area contributed by atoms with Gasteiger partial charge in [-0.1, -0.05) is 0 Å². The van der Waals surface area contributed by atoms with Crippen molar-refractivity contribution in [2.45, 2.75) is 24.9 Å². The zero-order chi connectivity index (χ0) is 15.3. The molecule has 1 spiro atoms. The molecule has 0 bridgehead atoms. The van der Waals surface area contributed by atoms with E-state index >= 15 is 0 Å². The van der Waals surface area contributed by atoms with Crippen LogP contribution in [0.5, 0.6) is 0 Å². The molecule has 4 aliphatic rings.